The maximum Gasteiger partial charge on any atom is 0.227 e. The van der Waals surface area contributed by atoms with Crippen molar-refractivity contribution in [1.29, 1.82) is 0 Å². The fourth-order valence-corrected chi connectivity index (χ4v) is 3.78. The number of anilines is 1. The average Bonchev–Trinajstić information content (AvgIpc) is 3.12. The first-order valence-electron chi connectivity index (χ1n) is 7.79. The molecule has 1 atom stereocenters. The van der Waals surface area contributed by atoms with Gasteiger partial charge in [0.1, 0.15) is 0 Å². The number of carbonyl (C=O) groups excluding carboxylic acids is 1. The quantitative estimate of drug-likeness (QED) is 0.819. The molecule has 0 aromatic heterocycles. The van der Waals surface area contributed by atoms with Gasteiger partial charge in [-0.2, -0.15) is 0 Å². The Bertz CT molecular complexity index is 691. The Morgan fingerprint density at radius 2 is 1.76 bits per heavy atom. The molecule has 2 nitrogen and oxygen atoms in total. The van der Waals surface area contributed by atoms with E-state index in [4.69, 9.17) is 0 Å². The molecule has 21 heavy (non-hydrogen) atoms. The Hall–Kier alpha value is -2.09. The number of benzene rings is 2. The van der Waals surface area contributed by atoms with Crippen molar-refractivity contribution in [3.8, 4) is 0 Å². The number of aryl methyl sites for hydroxylation is 1. The predicted octanol–water partition coefficient (Wildman–Crippen LogP) is 3.70. The Kier molecular flexibility index (Phi) is 3.03. The Labute approximate surface area is 125 Å². The lowest BCUT2D eigenvalue weighted by Crippen LogP contribution is -2.29. The minimum absolute atomic E-state index is 0.279. The van der Waals surface area contributed by atoms with Crippen molar-refractivity contribution in [1.82, 2.24) is 0 Å². The number of hydrogen-bond donors (Lipinski definition) is 0. The number of para-hydroxylation sites is 1. The van der Waals surface area contributed by atoms with Crippen molar-refractivity contribution >= 4 is 11.6 Å². The number of hydrogen-bond acceptors (Lipinski definition) is 1. The van der Waals surface area contributed by atoms with E-state index >= 15 is 0 Å². The molecular weight excluding hydrogens is 258 g/mol. The largest absolute Gasteiger partial charge is 0.312 e. The molecule has 1 aliphatic heterocycles. The zero-order valence-corrected chi connectivity index (χ0v) is 12.1. The number of amides is 1. The van der Waals surface area contributed by atoms with E-state index in [1.54, 1.807) is 0 Å². The molecule has 1 aliphatic carbocycles. The van der Waals surface area contributed by atoms with Crippen LogP contribution in [0.3, 0.4) is 0 Å². The molecule has 0 spiro atoms. The van der Waals surface area contributed by atoms with Crippen LogP contribution >= 0.6 is 0 Å². The summed E-state index contributed by atoms with van der Waals surface area (Å²) in [5, 5.41) is 0. The van der Waals surface area contributed by atoms with E-state index in [1.807, 2.05) is 11.0 Å². The molecule has 4 rings (SSSR count). The third-order valence-electron chi connectivity index (χ3n) is 4.87. The molecule has 2 aliphatic rings. The van der Waals surface area contributed by atoms with Gasteiger partial charge in [-0.1, -0.05) is 42.5 Å². The van der Waals surface area contributed by atoms with Gasteiger partial charge in [0, 0.05) is 18.7 Å². The molecule has 1 amide bonds. The van der Waals surface area contributed by atoms with Crippen LogP contribution < -0.4 is 4.90 Å². The van der Waals surface area contributed by atoms with Crippen molar-refractivity contribution in [2.24, 2.45) is 0 Å². The molecule has 2 heteroatoms. The predicted molar refractivity (Wildman–Crippen MR) is 84.6 cm³/mol. The molecule has 0 radical (unpaired) electrons. The smallest absolute Gasteiger partial charge is 0.227 e. The average molecular weight is 277 g/mol. The summed E-state index contributed by atoms with van der Waals surface area (Å²) in [6, 6.07) is 16.9. The van der Waals surface area contributed by atoms with E-state index in [-0.39, 0.29) is 5.91 Å². The summed E-state index contributed by atoms with van der Waals surface area (Å²) < 4.78 is 0. The summed E-state index contributed by atoms with van der Waals surface area (Å²) in [4.78, 5) is 14.7. The summed E-state index contributed by atoms with van der Waals surface area (Å²) in [5.41, 5.74) is 5.24. The maximum atomic E-state index is 12.7. The Morgan fingerprint density at radius 3 is 2.67 bits per heavy atom. The third kappa shape index (κ3) is 2.15. The van der Waals surface area contributed by atoms with Crippen LogP contribution in [0.25, 0.3) is 0 Å². The van der Waals surface area contributed by atoms with Crippen molar-refractivity contribution < 1.29 is 4.79 Å². The van der Waals surface area contributed by atoms with Crippen LogP contribution in [0.1, 0.15) is 35.4 Å². The highest BCUT2D eigenvalue weighted by atomic mass is 16.2. The van der Waals surface area contributed by atoms with Gasteiger partial charge in [-0.05, 0) is 47.9 Å². The first kappa shape index (κ1) is 12.6. The molecule has 0 saturated heterocycles. The van der Waals surface area contributed by atoms with Gasteiger partial charge in [0.05, 0.1) is 0 Å². The van der Waals surface area contributed by atoms with Crippen LogP contribution in [0, 0.1) is 0 Å². The SMILES string of the molecule is O=C(CC1CCc2ccccc21)N1CCc2ccccc21. The van der Waals surface area contributed by atoms with E-state index in [9.17, 15) is 4.79 Å². The highest BCUT2D eigenvalue weighted by Crippen LogP contribution is 2.37. The lowest BCUT2D eigenvalue weighted by atomic mass is 9.97. The van der Waals surface area contributed by atoms with Gasteiger partial charge in [0.2, 0.25) is 5.91 Å². The van der Waals surface area contributed by atoms with E-state index < -0.39 is 0 Å². The lowest BCUT2D eigenvalue weighted by Gasteiger charge is -2.20. The molecule has 1 heterocycles. The Balaban J connectivity index is 1.53. The minimum atomic E-state index is 0.279. The summed E-state index contributed by atoms with van der Waals surface area (Å²) in [6.45, 7) is 0.840. The second-order valence-corrected chi connectivity index (χ2v) is 6.06. The number of nitrogens with zero attached hydrogens (tertiary/aromatic N) is 1. The van der Waals surface area contributed by atoms with Crippen LogP contribution in [0.5, 0.6) is 0 Å². The highest BCUT2D eigenvalue weighted by Gasteiger charge is 2.29. The van der Waals surface area contributed by atoms with E-state index in [2.05, 4.69) is 42.5 Å². The lowest BCUT2D eigenvalue weighted by molar-refractivity contribution is -0.118. The molecule has 2 aromatic carbocycles. The number of fused-ring (bicyclic) bond motifs is 2. The second-order valence-electron chi connectivity index (χ2n) is 6.06. The monoisotopic (exact) mass is 277 g/mol. The van der Waals surface area contributed by atoms with Gasteiger partial charge in [0.15, 0.2) is 0 Å². The first-order chi connectivity index (χ1) is 10.3. The minimum Gasteiger partial charge on any atom is -0.312 e. The fourth-order valence-electron chi connectivity index (χ4n) is 3.78. The van der Waals surface area contributed by atoms with Gasteiger partial charge in [-0.3, -0.25) is 4.79 Å². The zero-order chi connectivity index (χ0) is 14.2. The van der Waals surface area contributed by atoms with Crippen molar-refractivity contribution in [3.05, 3.63) is 65.2 Å². The summed E-state index contributed by atoms with van der Waals surface area (Å²) in [6.07, 6.45) is 3.86. The van der Waals surface area contributed by atoms with Crippen molar-refractivity contribution in [2.75, 3.05) is 11.4 Å². The molecular formula is C19H19NO. The van der Waals surface area contributed by atoms with Gasteiger partial charge < -0.3 is 4.90 Å². The van der Waals surface area contributed by atoms with Crippen LogP contribution in [-0.4, -0.2) is 12.5 Å². The standard InChI is InChI=1S/C19H19NO/c21-19(20-12-11-15-6-2-4-8-18(15)20)13-16-10-9-14-5-1-3-7-17(14)16/h1-8,16H,9-13H2. The zero-order valence-electron chi connectivity index (χ0n) is 12.1. The topological polar surface area (TPSA) is 20.3 Å². The van der Waals surface area contributed by atoms with Crippen molar-refractivity contribution in [2.45, 2.75) is 31.6 Å². The van der Waals surface area contributed by atoms with E-state index in [0.29, 0.717) is 12.3 Å². The first-order valence-corrected chi connectivity index (χ1v) is 7.79. The van der Waals surface area contributed by atoms with Crippen molar-refractivity contribution in [3.63, 3.8) is 0 Å². The van der Waals surface area contributed by atoms with Gasteiger partial charge >= 0.3 is 0 Å². The molecule has 0 saturated carbocycles. The van der Waals surface area contributed by atoms with E-state index in [1.165, 1.54) is 16.7 Å². The molecule has 0 fully saturated rings. The van der Waals surface area contributed by atoms with Gasteiger partial charge in [-0.25, -0.2) is 0 Å². The normalized spacial score (nSPS) is 19.4. The highest BCUT2D eigenvalue weighted by molar-refractivity contribution is 5.96. The molecule has 0 N–H and O–H groups in total. The molecule has 2 aromatic rings. The van der Waals surface area contributed by atoms with Crippen LogP contribution in [0.15, 0.2) is 48.5 Å². The Morgan fingerprint density at radius 1 is 1.00 bits per heavy atom. The summed E-state index contributed by atoms with van der Waals surface area (Å²) in [5.74, 6) is 0.683. The maximum absolute atomic E-state index is 12.7. The molecule has 106 valence electrons. The summed E-state index contributed by atoms with van der Waals surface area (Å²) in [7, 11) is 0. The fraction of sp³-hybridized carbons (Fsp3) is 0.316. The van der Waals surface area contributed by atoms with Crippen LogP contribution in [0.2, 0.25) is 0 Å². The molecule has 1 unspecified atom stereocenters. The second kappa shape index (κ2) is 5.03. The number of carbonyl (C=O) groups is 1. The van der Waals surface area contributed by atoms with Crippen LogP contribution in [0.4, 0.5) is 5.69 Å². The van der Waals surface area contributed by atoms with E-state index in [0.717, 1.165) is 31.5 Å². The third-order valence-corrected chi connectivity index (χ3v) is 4.87. The number of rotatable bonds is 2. The van der Waals surface area contributed by atoms with Gasteiger partial charge in [0.25, 0.3) is 0 Å². The van der Waals surface area contributed by atoms with Gasteiger partial charge in [-0.15, -0.1) is 0 Å². The molecule has 0 bridgehead atoms. The van der Waals surface area contributed by atoms with Crippen LogP contribution in [-0.2, 0) is 17.6 Å². The summed E-state index contributed by atoms with van der Waals surface area (Å²) >= 11 is 0.